The molecule has 0 bridgehead atoms. The van der Waals surface area contributed by atoms with Crippen molar-refractivity contribution in [2.75, 3.05) is 11.9 Å². The van der Waals surface area contributed by atoms with Crippen LogP contribution in [-0.2, 0) is 11.2 Å². The molecule has 1 aliphatic heterocycles. The van der Waals surface area contributed by atoms with E-state index in [9.17, 15) is 0 Å². The van der Waals surface area contributed by atoms with Gasteiger partial charge in [0.25, 0.3) is 0 Å². The van der Waals surface area contributed by atoms with Crippen LogP contribution < -0.4 is 5.32 Å². The molecule has 0 radical (unpaired) electrons. The van der Waals surface area contributed by atoms with Gasteiger partial charge in [0.05, 0.1) is 6.10 Å². The van der Waals surface area contributed by atoms with Crippen LogP contribution in [0.5, 0.6) is 0 Å². The molecule has 3 rings (SSSR count). The number of aryl methyl sites for hydroxylation is 1. The second kappa shape index (κ2) is 6.33. The van der Waals surface area contributed by atoms with Gasteiger partial charge in [-0.05, 0) is 18.4 Å². The van der Waals surface area contributed by atoms with Crippen LogP contribution in [0.2, 0.25) is 0 Å². The van der Waals surface area contributed by atoms with Gasteiger partial charge in [0.15, 0.2) is 0 Å². The van der Waals surface area contributed by atoms with Gasteiger partial charge in [-0.25, -0.2) is 4.98 Å². The first-order chi connectivity index (χ1) is 9.85. The second-order valence-corrected chi connectivity index (χ2v) is 5.76. The van der Waals surface area contributed by atoms with E-state index in [4.69, 9.17) is 4.74 Å². The highest BCUT2D eigenvalue weighted by atomic mass is 32.1. The molecule has 4 nitrogen and oxygen atoms in total. The van der Waals surface area contributed by atoms with Gasteiger partial charge in [-0.2, -0.15) is 4.37 Å². The Morgan fingerprint density at radius 3 is 2.95 bits per heavy atom. The molecule has 106 valence electrons. The van der Waals surface area contributed by atoms with Crippen molar-refractivity contribution in [2.24, 2.45) is 0 Å². The number of anilines is 1. The molecular weight excluding hydrogens is 270 g/mol. The first kappa shape index (κ1) is 13.5. The van der Waals surface area contributed by atoms with Gasteiger partial charge in [-0.1, -0.05) is 37.3 Å². The van der Waals surface area contributed by atoms with Crippen LogP contribution in [0.4, 0.5) is 5.13 Å². The molecule has 2 atom stereocenters. The van der Waals surface area contributed by atoms with Crippen LogP contribution >= 0.6 is 11.5 Å². The standard InChI is InChI=1S/C15H19N3OS/c1-2-14-17-15(20-18-14)16-12-8-9-19-13(10-12)11-6-4-3-5-7-11/h3-7,12-13H,2,8-10H2,1H3,(H,16,17,18). The lowest BCUT2D eigenvalue weighted by Gasteiger charge is -2.30. The minimum absolute atomic E-state index is 0.181. The lowest BCUT2D eigenvalue weighted by atomic mass is 9.98. The quantitative estimate of drug-likeness (QED) is 0.936. The van der Waals surface area contributed by atoms with E-state index in [1.807, 2.05) is 6.07 Å². The summed E-state index contributed by atoms with van der Waals surface area (Å²) in [6.07, 6.45) is 3.06. The van der Waals surface area contributed by atoms with Gasteiger partial charge in [0.1, 0.15) is 5.82 Å². The van der Waals surface area contributed by atoms with Gasteiger partial charge < -0.3 is 10.1 Å². The van der Waals surface area contributed by atoms with Crippen molar-refractivity contribution in [3.63, 3.8) is 0 Å². The first-order valence-electron chi connectivity index (χ1n) is 7.11. The second-order valence-electron chi connectivity index (χ2n) is 5.01. The highest BCUT2D eigenvalue weighted by Crippen LogP contribution is 2.29. The Balaban J connectivity index is 1.63. The summed E-state index contributed by atoms with van der Waals surface area (Å²) in [7, 11) is 0. The normalized spacial score (nSPS) is 22.6. The summed E-state index contributed by atoms with van der Waals surface area (Å²) in [6.45, 7) is 2.86. The maximum Gasteiger partial charge on any atom is 0.202 e. The van der Waals surface area contributed by atoms with Gasteiger partial charge >= 0.3 is 0 Å². The Morgan fingerprint density at radius 2 is 2.20 bits per heavy atom. The smallest absolute Gasteiger partial charge is 0.202 e. The molecule has 0 aliphatic carbocycles. The molecule has 1 saturated heterocycles. The summed E-state index contributed by atoms with van der Waals surface area (Å²) in [5.41, 5.74) is 1.26. The van der Waals surface area contributed by atoms with E-state index in [0.717, 1.165) is 36.8 Å². The van der Waals surface area contributed by atoms with E-state index in [0.29, 0.717) is 6.04 Å². The first-order valence-corrected chi connectivity index (χ1v) is 7.88. The van der Waals surface area contributed by atoms with Crippen LogP contribution in [0.3, 0.4) is 0 Å². The molecular formula is C15H19N3OS. The van der Waals surface area contributed by atoms with Crippen molar-refractivity contribution in [2.45, 2.75) is 38.3 Å². The molecule has 2 aromatic rings. The van der Waals surface area contributed by atoms with E-state index < -0.39 is 0 Å². The summed E-state index contributed by atoms with van der Waals surface area (Å²) in [4.78, 5) is 4.48. The Morgan fingerprint density at radius 1 is 1.35 bits per heavy atom. The summed E-state index contributed by atoms with van der Waals surface area (Å²) in [6, 6.07) is 10.8. The predicted molar refractivity (Wildman–Crippen MR) is 81.1 cm³/mol. The Bertz CT molecular complexity index is 543. The third-order valence-electron chi connectivity index (χ3n) is 3.57. The van der Waals surface area contributed by atoms with Crippen molar-refractivity contribution < 1.29 is 4.74 Å². The molecule has 1 aromatic carbocycles. The molecule has 1 N–H and O–H groups in total. The van der Waals surface area contributed by atoms with Crippen LogP contribution in [0.1, 0.15) is 37.3 Å². The van der Waals surface area contributed by atoms with Gasteiger partial charge in [-0.15, -0.1) is 0 Å². The zero-order valence-corrected chi connectivity index (χ0v) is 12.4. The number of nitrogens with one attached hydrogen (secondary N) is 1. The maximum absolute atomic E-state index is 5.89. The van der Waals surface area contributed by atoms with Crippen LogP contribution in [-0.4, -0.2) is 22.0 Å². The molecule has 2 unspecified atom stereocenters. The summed E-state index contributed by atoms with van der Waals surface area (Å²) < 4.78 is 10.2. The van der Waals surface area contributed by atoms with E-state index in [1.165, 1.54) is 17.1 Å². The van der Waals surface area contributed by atoms with E-state index in [2.05, 4.69) is 45.9 Å². The van der Waals surface area contributed by atoms with Crippen molar-refractivity contribution in [3.05, 3.63) is 41.7 Å². The Hall–Kier alpha value is -1.46. The molecule has 20 heavy (non-hydrogen) atoms. The predicted octanol–water partition coefficient (Wildman–Crippen LogP) is 3.43. The van der Waals surface area contributed by atoms with Crippen molar-refractivity contribution >= 4 is 16.7 Å². The average molecular weight is 289 g/mol. The molecule has 1 aliphatic rings. The molecule has 5 heteroatoms. The highest BCUT2D eigenvalue weighted by Gasteiger charge is 2.24. The number of hydrogen-bond donors (Lipinski definition) is 1. The maximum atomic E-state index is 5.89. The van der Waals surface area contributed by atoms with Gasteiger partial charge in [0.2, 0.25) is 5.13 Å². The van der Waals surface area contributed by atoms with E-state index >= 15 is 0 Å². The van der Waals surface area contributed by atoms with Crippen LogP contribution in [0, 0.1) is 0 Å². The SMILES string of the molecule is CCc1nsc(NC2CCOC(c3ccccc3)C2)n1. The van der Waals surface area contributed by atoms with Crippen molar-refractivity contribution in [3.8, 4) is 0 Å². The van der Waals surface area contributed by atoms with Crippen molar-refractivity contribution in [1.82, 2.24) is 9.36 Å². The highest BCUT2D eigenvalue weighted by molar-refractivity contribution is 7.09. The average Bonchev–Trinajstić information content (AvgIpc) is 2.96. The minimum atomic E-state index is 0.181. The van der Waals surface area contributed by atoms with Crippen LogP contribution in [0.15, 0.2) is 30.3 Å². The fourth-order valence-electron chi connectivity index (χ4n) is 2.46. The molecule has 0 saturated carbocycles. The topological polar surface area (TPSA) is 47.0 Å². The molecule has 1 aromatic heterocycles. The Labute approximate surface area is 123 Å². The summed E-state index contributed by atoms with van der Waals surface area (Å²) >= 11 is 1.45. The lowest BCUT2D eigenvalue weighted by molar-refractivity contribution is 0.00979. The number of aromatic nitrogens is 2. The Kier molecular flexibility index (Phi) is 4.28. The lowest BCUT2D eigenvalue weighted by Crippen LogP contribution is -2.30. The number of rotatable bonds is 4. The van der Waals surface area contributed by atoms with E-state index in [1.54, 1.807) is 0 Å². The number of benzene rings is 1. The van der Waals surface area contributed by atoms with Crippen molar-refractivity contribution in [1.29, 1.82) is 0 Å². The van der Waals surface area contributed by atoms with Crippen LogP contribution in [0.25, 0.3) is 0 Å². The number of hydrogen-bond acceptors (Lipinski definition) is 5. The summed E-state index contributed by atoms with van der Waals surface area (Å²) in [5, 5.41) is 4.43. The largest absolute Gasteiger partial charge is 0.373 e. The number of ether oxygens (including phenoxy) is 1. The minimum Gasteiger partial charge on any atom is -0.373 e. The molecule has 0 spiro atoms. The third-order valence-corrected chi connectivity index (χ3v) is 4.25. The zero-order valence-electron chi connectivity index (χ0n) is 11.6. The van der Waals surface area contributed by atoms with Gasteiger partial charge in [-0.3, -0.25) is 0 Å². The third kappa shape index (κ3) is 3.16. The molecule has 2 heterocycles. The van der Waals surface area contributed by atoms with E-state index in [-0.39, 0.29) is 6.10 Å². The molecule has 1 fully saturated rings. The zero-order chi connectivity index (χ0) is 13.8. The summed E-state index contributed by atoms with van der Waals surface area (Å²) in [5.74, 6) is 0.921. The van der Waals surface area contributed by atoms with Gasteiger partial charge in [0, 0.05) is 30.6 Å². The monoisotopic (exact) mass is 289 g/mol. The fourth-order valence-corrected chi connectivity index (χ4v) is 3.19. The molecule has 0 amide bonds. The fraction of sp³-hybridized carbons (Fsp3) is 0.467. The number of nitrogens with zero attached hydrogens (tertiary/aromatic N) is 2.